The van der Waals surface area contributed by atoms with Crippen LogP contribution < -0.4 is 9.64 Å². The van der Waals surface area contributed by atoms with Gasteiger partial charge in [0.15, 0.2) is 9.84 Å². The van der Waals surface area contributed by atoms with Crippen molar-refractivity contribution in [2.75, 3.05) is 23.0 Å². The summed E-state index contributed by atoms with van der Waals surface area (Å²) >= 11 is 6.07. The molecule has 0 N–H and O–H groups in total. The number of nitrogens with zero attached hydrogens (tertiary/aromatic N) is 2. The lowest BCUT2D eigenvalue weighted by Crippen LogP contribution is -2.37. The Morgan fingerprint density at radius 2 is 1.82 bits per heavy atom. The van der Waals surface area contributed by atoms with Crippen LogP contribution in [0.3, 0.4) is 0 Å². The molecule has 0 saturated carbocycles. The molecule has 148 valence electrons. The van der Waals surface area contributed by atoms with Crippen molar-refractivity contribution in [1.29, 1.82) is 0 Å². The minimum absolute atomic E-state index is 0.0164. The molecule has 6 nitrogen and oxygen atoms in total. The molecule has 2 aromatic rings. The Bertz CT molecular complexity index is 994. The molecule has 2 atom stereocenters. The normalized spacial score (nSPS) is 23.1. The average molecular weight is 421 g/mol. The fraction of sp³-hybridized carbons (Fsp3) is 0.350. The van der Waals surface area contributed by atoms with Crippen molar-refractivity contribution in [2.24, 2.45) is 0 Å². The molecule has 28 heavy (non-hydrogen) atoms. The monoisotopic (exact) mass is 420 g/mol. The van der Waals surface area contributed by atoms with Gasteiger partial charge in [0.05, 0.1) is 30.2 Å². The molecule has 4 rings (SSSR count). The van der Waals surface area contributed by atoms with Gasteiger partial charge in [-0.1, -0.05) is 23.7 Å². The van der Waals surface area contributed by atoms with E-state index in [4.69, 9.17) is 16.3 Å². The Hall–Kier alpha value is -2.25. The van der Waals surface area contributed by atoms with Gasteiger partial charge in [0, 0.05) is 17.3 Å². The standard InChI is InChI=1S/C20H21ClN2O4S/c1-2-27-17-8-6-16(7-9-17)23-19-13-28(25,26)12-18(19)22(20(23)24)11-14-4-3-5-15(21)10-14/h3-10,18-19H,2,11-13H2,1H3/t18-,19-/m1/s1. The largest absolute Gasteiger partial charge is 0.494 e. The van der Waals surface area contributed by atoms with E-state index in [1.165, 1.54) is 0 Å². The zero-order valence-electron chi connectivity index (χ0n) is 15.4. The van der Waals surface area contributed by atoms with Gasteiger partial charge in [-0.2, -0.15) is 0 Å². The summed E-state index contributed by atoms with van der Waals surface area (Å²) in [5.74, 6) is 0.671. The summed E-state index contributed by atoms with van der Waals surface area (Å²) in [4.78, 5) is 16.5. The van der Waals surface area contributed by atoms with Crippen molar-refractivity contribution >= 4 is 33.2 Å². The van der Waals surface area contributed by atoms with Gasteiger partial charge in [-0.05, 0) is 48.9 Å². The van der Waals surface area contributed by atoms with E-state index in [1.807, 2.05) is 19.1 Å². The number of hydrogen-bond acceptors (Lipinski definition) is 4. The molecule has 2 heterocycles. The van der Waals surface area contributed by atoms with Crippen molar-refractivity contribution < 1.29 is 17.9 Å². The third-order valence-corrected chi connectivity index (χ3v) is 7.08. The predicted molar refractivity (Wildman–Crippen MR) is 109 cm³/mol. The molecule has 0 aliphatic carbocycles. The van der Waals surface area contributed by atoms with E-state index in [9.17, 15) is 13.2 Å². The van der Waals surface area contributed by atoms with E-state index in [0.717, 1.165) is 5.56 Å². The molecule has 0 spiro atoms. The molecule has 0 bridgehead atoms. The first-order chi connectivity index (χ1) is 13.4. The van der Waals surface area contributed by atoms with Gasteiger partial charge in [0.25, 0.3) is 0 Å². The van der Waals surface area contributed by atoms with Crippen LogP contribution in [0.5, 0.6) is 5.75 Å². The third kappa shape index (κ3) is 3.56. The summed E-state index contributed by atoms with van der Waals surface area (Å²) in [7, 11) is -3.21. The van der Waals surface area contributed by atoms with E-state index < -0.39 is 15.9 Å². The van der Waals surface area contributed by atoms with Crippen LogP contribution in [0, 0.1) is 0 Å². The molecule has 2 amide bonds. The van der Waals surface area contributed by atoms with Gasteiger partial charge in [-0.15, -0.1) is 0 Å². The maximum atomic E-state index is 13.2. The number of carbonyl (C=O) groups excluding carboxylic acids is 1. The number of hydrogen-bond donors (Lipinski definition) is 0. The maximum absolute atomic E-state index is 13.2. The summed E-state index contributed by atoms with van der Waals surface area (Å²) in [6.07, 6.45) is 0. The van der Waals surface area contributed by atoms with E-state index in [1.54, 1.807) is 46.2 Å². The van der Waals surface area contributed by atoms with Crippen LogP contribution in [0.25, 0.3) is 0 Å². The highest BCUT2D eigenvalue weighted by Crippen LogP contribution is 2.36. The van der Waals surface area contributed by atoms with Gasteiger partial charge in [0.2, 0.25) is 0 Å². The van der Waals surface area contributed by atoms with E-state index in [-0.39, 0.29) is 23.6 Å². The lowest BCUT2D eigenvalue weighted by molar-refractivity contribution is 0.206. The summed E-state index contributed by atoms with van der Waals surface area (Å²) in [6.45, 7) is 2.78. The van der Waals surface area contributed by atoms with Crippen LogP contribution in [-0.4, -0.2) is 49.5 Å². The van der Waals surface area contributed by atoms with E-state index in [0.29, 0.717) is 29.6 Å². The second kappa shape index (κ2) is 7.29. The van der Waals surface area contributed by atoms with E-state index >= 15 is 0 Å². The van der Waals surface area contributed by atoms with Gasteiger partial charge >= 0.3 is 6.03 Å². The van der Waals surface area contributed by atoms with Crippen LogP contribution in [0.2, 0.25) is 5.02 Å². The van der Waals surface area contributed by atoms with Crippen LogP contribution in [0.1, 0.15) is 12.5 Å². The van der Waals surface area contributed by atoms with Crippen LogP contribution in [0.4, 0.5) is 10.5 Å². The van der Waals surface area contributed by atoms with Crippen molar-refractivity contribution in [1.82, 2.24) is 4.90 Å². The molecular formula is C20H21ClN2O4S. The highest BCUT2D eigenvalue weighted by Gasteiger charge is 2.53. The Labute approximate surface area is 169 Å². The van der Waals surface area contributed by atoms with Crippen molar-refractivity contribution in [3.8, 4) is 5.75 Å². The van der Waals surface area contributed by atoms with Crippen LogP contribution in [0.15, 0.2) is 48.5 Å². The first kappa shape index (κ1) is 19.1. The number of carbonyl (C=O) groups is 1. The smallest absolute Gasteiger partial charge is 0.325 e. The Morgan fingerprint density at radius 1 is 1.11 bits per heavy atom. The molecule has 2 aromatic carbocycles. The molecule has 2 fully saturated rings. The molecular weight excluding hydrogens is 400 g/mol. The highest BCUT2D eigenvalue weighted by molar-refractivity contribution is 7.91. The van der Waals surface area contributed by atoms with Crippen molar-refractivity contribution in [2.45, 2.75) is 25.6 Å². The second-order valence-electron chi connectivity index (χ2n) is 7.05. The number of anilines is 1. The summed E-state index contributed by atoms with van der Waals surface area (Å²) in [6, 6.07) is 13.5. The fourth-order valence-corrected chi connectivity index (χ4v) is 6.13. The first-order valence-corrected chi connectivity index (χ1v) is 11.4. The van der Waals surface area contributed by atoms with Gasteiger partial charge in [-0.3, -0.25) is 4.90 Å². The fourth-order valence-electron chi connectivity index (χ4n) is 3.97. The quantitative estimate of drug-likeness (QED) is 0.696. The molecule has 8 heteroatoms. The van der Waals surface area contributed by atoms with Crippen molar-refractivity contribution in [3.63, 3.8) is 0 Å². The molecule has 2 aliphatic rings. The van der Waals surface area contributed by atoms with E-state index in [2.05, 4.69) is 0 Å². The van der Waals surface area contributed by atoms with Crippen LogP contribution >= 0.6 is 11.6 Å². The number of ether oxygens (including phenoxy) is 1. The highest BCUT2D eigenvalue weighted by atomic mass is 35.5. The van der Waals surface area contributed by atoms with Gasteiger partial charge in [0.1, 0.15) is 5.75 Å². The second-order valence-corrected chi connectivity index (χ2v) is 9.64. The number of urea groups is 1. The number of halogens is 1. The van der Waals surface area contributed by atoms with Gasteiger partial charge in [-0.25, -0.2) is 13.2 Å². The first-order valence-electron chi connectivity index (χ1n) is 9.15. The SMILES string of the molecule is CCOc1ccc(N2C(=O)N(Cc3cccc(Cl)c3)[C@@H]3CS(=O)(=O)C[C@H]32)cc1. The molecule has 0 aromatic heterocycles. The number of rotatable bonds is 5. The Kier molecular flexibility index (Phi) is 4.97. The molecule has 0 radical (unpaired) electrons. The number of benzene rings is 2. The Balaban J connectivity index is 1.66. The van der Waals surface area contributed by atoms with Gasteiger partial charge < -0.3 is 9.64 Å². The molecule has 2 saturated heterocycles. The minimum Gasteiger partial charge on any atom is -0.494 e. The topological polar surface area (TPSA) is 66.9 Å². The lowest BCUT2D eigenvalue weighted by atomic mass is 10.1. The minimum atomic E-state index is -3.21. The number of sulfone groups is 1. The molecule has 2 aliphatic heterocycles. The average Bonchev–Trinajstić information content (AvgIpc) is 3.07. The summed E-state index contributed by atoms with van der Waals surface area (Å²) in [5.41, 5.74) is 1.55. The third-order valence-electron chi connectivity index (χ3n) is 5.15. The summed E-state index contributed by atoms with van der Waals surface area (Å²) < 4.78 is 30.1. The number of fused-ring (bicyclic) bond motifs is 1. The molecule has 0 unspecified atom stereocenters. The zero-order valence-corrected chi connectivity index (χ0v) is 17.0. The van der Waals surface area contributed by atoms with Crippen LogP contribution in [-0.2, 0) is 16.4 Å². The summed E-state index contributed by atoms with van der Waals surface area (Å²) in [5, 5.41) is 0.586. The number of amides is 2. The Morgan fingerprint density at radius 3 is 2.50 bits per heavy atom. The predicted octanol–water partition coefficient (Wildman–Crippen LogP) is 3.35. The van der Waals surface area contributed by atoms with Crippen molar-refractivity contribution in [3.05, 3.63) is 59.1 Å². The zero-order chi connectivity index (χ0) is 19.9. The lowest BCUT2D eigenvalue weighted by Gasteiger charge is -2.23. The maximum Gasteiger partial charge on any atom is 0.325 e.